The number of nitrogens with one attached hydrogen (secondary N) is 1. The summed E-state index contributed by atoms with van der Waals surface area (Å²) < 4.78 is 26.7. The van der Waals surface area contributed by atoms with Gasteiger partial charge in [0.2, 0.25) is 21.8 Å². The Morgan fingerprint density at radius 2 is 1.80 bits per heavy atom. The molecule has 138 valence electrons. The van der Waals surface area contributed by atoms with Gasteiger partial charge in [0.05, 0.1) is 10.0 Å². The number of halogens is 2. The van der Waals surface area contributed by atoms with Crippen LogP contribution in [0.3, 0.4) is 0 Å². The lowest BCUT2D eigenvalue weighted by molar-refractivity contribution is -0.132. The first-order valence-corrected chi connectivity index (χ1v) is 9.89. The van der Waals surface area contributed by atoms with Crippen molar-refractivity contribution < 1.29 is 18.0 Å². The summed E-state index contributed by atoms with van der Waals surface area (Å²) in [7, 11) is -3.77. The first-order valence-electron chi connectivity index (χ1n) is 7.70. The zero-order chi connectivity index (χ0) is 18.6. The van der Waals surface area contributed by atoms with Crippen molar-refractivity contribution in [1.82, 2.24) is 14.5 Å². The van der Waals surface area contributed by atoms with Crippen molar-refractivity contribution in [3.8, 4) is 0 Å². The number of carbonyl (C=O) groups is 2. The van der Waals surface area contributed by atoms with E-state index < -0.39 is 10.0 Å². The first kappa shape index (κ1) is 20.0. The molecule has 1 aromatic rings. The maximum absolute atomic E-state index is 12.7. The minimum atomic E-state index is -3.77. The van der Waals surface area contributed by atoms with Crippen molar-refractivity contribution in [2.75, 3.05) is 32.7 Å². The van der Waals surface area contributed by atoms with Crippen molar-refractivity contribution in [1.29, 1.82) is 0 Å². The summed E-state index contributed by atoms with van der Waals surface area (Å²) >= 11 is 11.9. The van der Waals surface area contributed by atoms with Crippen molar-refractivity contribution in [3.63, 3.8) is 0 Å². The van der Waals surface area contributed by atoms with Crippen LogP contribution < -0.4 is 5.32 Å². The number of benzene rings is 1. The summed E-state index contributed by atoms with van der Waals surface area (Å²) in [5.74, 6) is -0.311. The SMILES string of the molecule is CC(=O)NCCC(=O)N1CCN(S(=O)(=O)c2cccc(Cl)c2Cl)CC1. The molecule has 1 aromatic carbocycles. The number of rotatable bonds is 5. The van der Waals surface area contributed by atoms with Crippen LogP contribution >= 0.6 is 23.2 Å². The van der Waals surface area contributed by atoms with E-state index in [-0.39, 0.29) is 65.9 Å². The quantitative estimate of drug-likeness (QED) is 0.797. The van der Waals surface area contributed by atoms with Gasteiger partial charge in [0.1, 0.15) is 4.90 Å². The normalized spacial score (nSPS) is 15.9. The van der Waals surface area contributed by atoms with Crippen LogP contribution in [0.2, 0.25) is 10.0 Å². The molecule has 25 heavy (non-hydrogen) atoms. The highest BCUT2D eigenvalue weighted by molar-refractivity contribution is 7.89. The topological polar surface area (TPSA) is 86.8 Å². The predicted molar refractivity (Wildman–Crippen MR) is 95.1 cm³/mol. The maximum atomic E-state index is 12.7. The van der Waals surface area contributed by atoms with Crippen molar-refractivity contribution >= 4 is 45.0 Å². The standard InChI is InChI=1S/C15H19Cl2N3O4S/c1-11(21)18-6-5-14(22)19-7-9-20(10-8-19)25(23,24)13-4-2-3-12(16)15(13)17/h2-4H,5-10H2,1H3,(H,18,21). The van der Waals surface area contributed by atoms with E-state index in [0.29, 0.717) is 0 Å². The highest BCUT2D eigenvalue weighted by Gasteiger charge is 2.31. The minimum absolute atomic E-state index is 0.00187. The molecule has 2 amide bonds. The Morgan fingerprint density at radius 1 is 1.16 bits per heavy atom. The van der Waals surface area contributed by atoms with Gasteiger partial charge in [-0.1, -0.05) is 29.3 Å². The fourth-order valence-electron chi connectivity index (χ4n) is 2.50. The monoisotopic (exact) mass is 407 g/mol. The van der Waals surface area contributed by atoms with E-state index in [1.807, 2.05) is 0 Å². The van der Waals surface area contributed by atoms with Crippen molar-refractivity contribution in [2.24, 2.45) is 0 Å². The van der Waals surface area contributed by atoms with Crippen LogP contribution in [-0.2, 0) is 19.6 Å². The van der Waals surface area contributed by atoms with Gasteiger partial charge in [0.25, 0.3) is 0 Å². The van der Waals surface area contributed by atoms with Crippen LogP contribution in [0.25, 0.3) is 0 Å². The molecule has 0 bridgehead atoms. The van der Waals surface area contributed by atoms with Crippen LogP contribution in [0, 0.1) is 0 Å². The number of hydrogen-bond acceptors (Lipinski definition) is 4. The molecule has 10 heteroatoms. The molecule has 1 fully saturated rings. The molecule has 1 heterocycles. The van der Waals surface area contributed by atoms with Crippen LogP contribution in [-0.4, -0.2) is 62.2 Å². The van der Waals surface area contributed by atoms with Gasteiger partial charge in [-0.2, -0.15) is 4.31 Å². The van der Waals surface area contributed by atoms with E-state index in [4.69, 9.17) is 23.2 Å². The number of hydrogen-bond donors (Lipinski definition) is 1. The average molecular weight is 408 g/mol. The number of carbonyl (C=O) groups excluding carboxylic acids is 2. The molecule has 0 unspecified atom stereocenters. The molecule has 0 aliphatic carbocycles. The number of nitrogens with zero attached hydrogens (tertiary/aromatic N) is 2. The van der Waals surface area contributed by atoms with Crippen LogP contribution in [0.5, 0.6) is 0 Å². The molecular formula is C15H19Cl2N3O4S. The lowest BCUT2D eigenvalue weighted by Crippen LogP contribution is -2.50. The molecule has 0 aromatic heterocycles. The van der Waals surface area contributed by atoms with E-state index in [0.717, 1.165) is 0 Å². The molecule has 1 N–H and O–H groups in total. The highest BCUT2D eigenvalue weighted by atomic mass is 35.5. The van der Waals surface area contributed by atoms with Gasteiger partial charge in [-0.15, -0.1) is 0 Å². The van der Waals surface area contributed by atoms with Gasteiger partial charge >= 0.3 is 0 Å². The van der Waals surface area contributed by atoms with E-state index in [1.54, 1.807) is 4.90 Å². The maximum Gasteiger partial charge on any atom is 0.244 e. The minimum Gasteiger partial charge on any atom is -0.356 e. The van der Waals surface area contributed by atoms with Gasteiger partial charge in [-0.3, -0.25) is 9.59 Å². The van der Waals surface area contributed by atoms with E-state index in [2.05, 4.69) is 5.32 Å². The Morgan fingerprint density at radius 3 is 2.40 bits per heavy atom. The van der Waals surface area contributed by atoms with E-state index >= 15 is 0 Å². The molecule has 2 rings (SSSR count). The second kappa shape index (κ2) is 8.35. The smallest absolute Gasteiger partial charge is 0.244 e. The van der Waals surface area contributed by atoms with Gasteiger partial charge in [-0.25, -0.2) is 8.42 Å². The lowest BCUT2D eigenvalue weighted by atomic mass is 10.3. The zero-order valence-electron chi connectivity index (χ0n) is 13.7. The lowest BCUT2D eigenvalue weighted by Gasteiger charge is -2.34. The van der Waals surface area contributed by atoms with E-state index in [9.17, 15) is 18.0 Å². The van der Waals surface area contributed by atoms with Crippen molar-refractivity contribution in [2.45, 2.75) is 18.2 Å². The van der Waals surface area contributed by atoms with Gasteiger partial charge in [0.15, 0.2) is 0 Å². The Balaban J connectivity index is 1.98. The Bertz CT molecular complexity index is 762. The molecular weight excluding hydrogens is 389 g/mol. The molecule has 0 radical (unpaired) electrons. The predicted octanol–water partition coefficient (Wildman–Crippen LogP) is 1.35. The third-order valence-electron chi connectivity index (χ3n) is 3.84. The summed E-state index contributed by atoms with van der Waals surface area (Å²) in [6.07, 6.45) is 0.187. The van der Waals surface area contributed by atoms with Gasteiger partial charge in [-0.05, 0) is 12.1 Å². The molecule has 0 saturated carbocycles. The number of piperazine rings is 1. The van der Waals surface area contributed by atoms with Crippen LogP contribution in [0.15, 0.2) is 23.1 Å². The molecule has 0 atom stereocenters. The van der Waals surface area contributed by atoms with Gasteiger partial charge in [0, 0.05) is 46.1 Å². The summed E-state index contributed by atoms with van der Waals surface area (Å²) in [4.78, 5) is 24.4. The average Bonchev–Trinajstić information content (AvgIpc) is 2.57. The molecule has 7 nitrogen and oxygen atoms in total. The molecule has 0 spiro atoms. The van der Waals surface area contributed by atoms with Crippen LogP contribution in [0.4, 0.5) is 0 Å². The molecule has 1 aliphatic rings. The Kier molecular flexibility index (Phi) is 6.67. The fraction of sp³-hybridized carbons (Fsp3) is 0.467. The summed E-state index contributed by atoms with van der Waals surface area (Å²) in [6.45, 7) is 2.58. The molecule has 1 aliphatic heterocycles. The summed E-state index contributed by atoms with van der Waals surface area (Å²) in [6, 6.07) is 4.46. The Labute approximate surface area is 156 Å². The highest BCUT2D eigenvalue weighted by Crippen LogP contribution is 2.31. The van der Waals surface area contributed by atoms with E-state index in [1.165, 1.54) is 29.4 Å². The summed E-state index contributed by atoms with van der Waals surface area (Å²) in [5, 5.41) is 2.74. The Hall–Kier alpha value is -1.35. The zero-order valence-corrected chi connectivity index (χ0v) is 16.0. The second-order valence-electron chi connectivity index (χ2n) is 5.57. The van der Waals surface area contributed by atoms with Crippen LogP contribution in [0.1, 0.15) is 13.3 Å². The number of amides is 2. The van der Waals surface area contributed by atoms with Crippen molar-refractivity contribution in [3.05, 3.63) is 28.2 Å². The van der Waals surface area contributed by atoms with Gasteiger partial charge < -0.3 is 10.2 Å². The largest absolute Gasteiger partial charge is 0.356 e. The number of sulfonamides is 1. The third kappa shape index (κ3) is 4.84. The summed E-state index contributed by atoms with van der Waals surface area (Å²) in [5.41, 5.74) is 0. The fourth-order valence-corrected chi connectivity index (χ4v) is 4.66. The third-order valence-corrected chi connectivity index (χ3v) is 6.71. The molecule has 1 saturated heterocycles. The second-order valence-corrected chi connectivity index (χ2v) is 8.26. The first-order chi connectivity index (χ1) is 11.7.